The van der Waals surface area contributed by atoms with E-state index in [4.69, 9.17) is 0 Å². The Morgan fingerprint density at radius 1 is 1.07 bits per heavy atom. The predicted octanol–water partition coefficient (Wildman–Crippen LogP) is 3.09. The van der Waals surface area contributed by atoms with E-state index in [2.05, 4.69) is 20.3 Å². The predicted molar refractivity (Wildman–Crippen MR) is 109 cm³/mol. The maximum atomic E-state index is 12.6. The average molecular weight is 392 g/mol. The molecule has 0 aliphatic carbocycles. The van der Waals surface area contributed by atoms with Gasteiger partial charge in [-0.1, -0.05) is 42.1 Å². The van der Waals surface area contributed by atoms with E-state index in [1.807, 2.05) is 54.0 Å². The molecule has 28 heavy (non-hydrogen) atoms. The minimum absolute atomic E-state index is 0.0213. The zero-order chi connectivity index (χ0) is 19.3. The molecule has 3 heterocycles. The van der Waals surface area contributed by atoms with Crippen molar-refractivity contribution < 1.29 is 4.79 Å². The van der Waals surface area contributed by atoms with Gasteiger partial charge in [0.2, 0.25) is 0 Å². The first-order chi connectivity index (χ1) is 13.8. The minimum atomic E-state index is -0.0213. The highest BCUT2D eigenvalue weighted by molar-refractivity contribution is 7.99. The molecule has 7 nitrogen and oxygen atoms in total. The van der Waals surface area contributed by atoms with E-state index in [-0.39, 0.29) is 11.7 Å². The smallest absolute Gasteiger partial charge is 0.253 e. The second kappa shape index (κ2) is 8.35. The van der Waals surface area contributed by atoms with Crippen LogP contribution in [0.3, 0.4) is 0 Å². The highest BCUT2D eigenvalue weighted by Gasteiger charge is 2.22. The summed E-state index contributed by atoms with van der Waals surface area (Å²) in [5, 5.41) is 15.4. The molecule has 0 spiro atoms. The molecule has 0 bridgehead atoms. The lowest BCUT2D eigenvalue weighted by atomic mass is 10.1. The van der Waals surface area contributed by atoms with Crippen molar-refractivity contribution in [2.45, 2.75) is 25.0 Å². The number of hydrogen-bond donors (Lipinski definition) is 0. The molecule has 0 N–H and O–H groups in total. The highest BCUT2D eigenvalue weighted by Crippen LogP contribution is 2.24. The van der Waals surface area contributed by atoms with Gasteiger partial charge in [-0.15, -0.1) is 10.2 Å². The Balaban J connectivity index is 1.43. The lowest BCUT2D eigenvalue weighted by molar-refractivity contribution is -0.127. The third kappa shape index (κ3) is 3.82. The third-order valence-electron chi connectivity index (χ3n) is 4.49. The van der Waals surface area contributed by atoms with Gasteiger partial charge < -0.3 is 4.57 Å². The number of hydrazone groups is 1. The van der Waals surface area contributed by atoms with Crippen molar-refractivity contribution in [3.05, 3.63) is 60.4 Å². The SMILES string of the molecule is CCn1c(SCC(=O)N2CCC(c3ccccc3)=N2)nnc1-c1ccncc1. The Morgan fingerprint density at radius 2 is 1.86 bits per heavy atom. The number of carbonyl (C=O) groups excluding carboxylic acids is 1. The van der Waals surface area contributed by atoms with E-state index in [1.165, 1.54) is 11.8 Å². The first-order valence-corrected chi connectivity index (χ1v) is 10.1. The van der Waals surface area contributed by atoms with Crippen molar-refractivity contribution >= 4 is 23.4 Å². The summed E-state index contributed by atoms with van der Waals surface area (Å²) in [7, 11) is 0. The van der Waals surface area contributed by atoms with E-state index in [1.54, 1.807) is 17.4 Å². The molecular weight excluding hydrogens is 372 g/mol. The topological polar surface area (TPSA) is 76.3 Å². The van der Waals surface area contributed by atoms with Gasteiger partial charge in [-0.25, -0.2) is 5.01 Å². The van der Waals surface area contributed by atoms with Gasteiger partial charge in [0.25, 0.3) is 5.91 Å². The molecule has 1 aromatic carbocycles. The van der Waals surface area contributed by atoms with Crippen molar-refractivity contribution in [3.63, 3.8) is 0 Å². The van der Waals surface area contributed by atoms with Gasteiger partial charge in [-0.05, 0) is 24.6 Å². The van der Waals surface area contributed by atoms with Crippen molar-refractivity contribution in [2.24, 2.45) is 5.10 Å². The summed E-state index contributed by atoms with van der Waals surface area (Å²) in [6.07, 6.45) is 4.24. The van der Waals surface area contributed by atoms with Gasteiger partial charge in [0.05, 0.1) is 18.0 Å². The van der Waals surface area contributed by atoms with Crippen molar-refractivity contribution in [2.75, 3.05) is 12.3 Å². The van der Waals surface area contributed by atoms with Crippen LogP contribution in [-0.2, 0) is 11.3 Å². The normalized spacial score (nSPS) is 13.6. The summed E-state index contributed by atoms with van der Waals surface area (Å²) in [5.41, 5.74) is 2.98. The van der Waals surface area contributed by atoms with Gasteiger partial charge in [0.15, 0.2) is 11.0 Å². The molecule has 3 aromatic rings. The van der Waals surface area contributed by atoms with Gasteiger partial charge in [-0.2, -0.15) is 5.10 Å². The molecule has 0 saturated heterocycles. The lowest BCUT2D eigenvalue weighted by Gasteiger charge is -2.11. The second-order valence-corrected chi connectivity index (χ2v) is 7.20. The van der Waals surface area contributed by atoms with Crippen LogP contribution >= 0.6 is 11.8 Å². The van der Waals surface area contributed by atoms with E-state index in [0.717, 1.165) is 40.8 Å². The van der Waals surface area contributed by atoms with Crippen LogP contribution in [-0.4, -0.2) is 48.7 Å². The molecular formula is C20H20N6OS. The molecule has 0 saturated carbocycles. The van der Waals surface area contributed by atoms with Crippen LogP contribution < -0.4 is 0 Å². The lowest BCUT2D eigenvalue weighted by Crippen LogP contribution is -2.25. The molecule has 1 aliphatic rings. The van der Waals surface area contributed by atoms with Crippen LogP contribution in [0.5, 0.6) is 0 Å². The van der Waals surface area contributed by atoms with Crippen LogP contribution in [0.4, 0.5) is 0 Å². The second-order valence-electron chi connectivity index (χ2n) is 6.25. The summed E-state index contributed by atoms with van der Waals surface area (Å²) in [6.45, 7) is 3.38. The number of thioether (sulfide) groups is 1. The van der Waals surface area contributed by atoms with Crippen LogP contribution in [0.1, 0.15) is 18.9 Å². The fourth-order valence-electron chi connectivity index (χ4n) is 3.07. The van der Waals surface area contributed by atoms with E-state index in [9.17, 15) is 4.79 Å². The van der Waals surface area contributed by atoms with Gasteiger partial charge in [0, 0.05) is 30.9 Å². The standard InChI is InChI=1S/C20H20N6OS/c1-2-25-19(16-8-11-21-12-9-16)22-23-20(25)28-14-18(27)26-13-10-17(24-26)15-6-4-3-5-7-15/h3-9,11-12H,2,10,13-14H2,1H3. The molecule has 0 unspecified atom stereocenters. The van der Waals surface area contributed by atoms with Crippen LogP contribution in [0.2, 0.25) is 0 Å². The van der Waals surface area contributed by atoms with Gasteiger partial charge in [-0.3, -0.25) is 9.78 Å². The molecule has 2 aromatic heterocycles. The van der Waals surface area contributed by atoms with Crippen molar-refractivity contribution in [1.82, 2.24) is 24.8 Å². The number of pyridine rings is 1. The number of rotatable bonds is 6. The van der Waals surface area contributed by atoms with E-state index < -0.39 is 0 Å². The van der Waals surface area contributed by atoms with Crippen molar-refractivity contribution in [3.8, 4) is 11.4 Å². The summed E-state index contributed by atoms with van der Waals surface area (Å²) in [4.78, 5) is 16.6. The van der Waals surface area contributed by atoms with Crippen molar-refractivity contribution in [1.29, 1.82) is 0 Å². The minimum Gasteiger partial charge on any atom is -0.302 e. The molecule has 1 amide bonds. The number of aromatic nitrogens is 4. The Hall–Kier alpha value is -3.00. The Kier molecular flexibility index (Phi) is 5.48. The fraction of sp³-hybridized carbons (Fsp3) is 0.250. The number of benzene rings is 1. The largest absolute Gasteiger partial charge is 0.302 e. The number of nitrogens with zero attached hydrogens (tertiary/aromatic N) is 6. The number of amides is 1. The molecule has 0 fully saturated rings. The van der Waals surface area contributed by atoms with Crippen LogP contribution in [0.15, 0.2) is 65.1 Å². The van der Waals surface area contributed by atoms with Gasteiger partial charge >= 0.3 is 0 Å². The molecule has 1 aliphatic heterocycles. The number of carbonyl (C=O) groups is 1. The summed E-state index contributed by atoms with van der Waals surface area (Å²) in [5.74, 6) is 1.04. The Bertz CT molecular complexity index is 986. The molecule has 0 radical (unpaired) electrons. The first-order valence-electron chi connectivity index (χ1n) is 9.16. The van der Waals surface area contributed by atoms with E-state index in [0.29, 0.717) is 6.54 Å². The fourth-order valence-corrected chi connectivity index (χ4v) is 3.94. The summed E-state index contributed by atoms with van der Waals surface area (Å²) in [6, 6.07) is 13.8. The molecule has 0 atom stereocenters. The van der Waals surface area contributed by atoms with E-state index >= 15 is 0 Å². The molecule has 4 rings (SSSR count). The average Bonchev–Trinajstić information content (AvgIpc) is 3.40. The number of hydrogen-bond acceptors (Lipinski definition) is 6. The third-order valence-corrected chi connectivity index (χ3v) is 5.44. The quantitative estimate of drug-likeness (QED) is 0.603. The van der Waals surface area contributed by atoms with Crippen LogP contribution in [0, 0.1) is 0 Å². The molecule has 142 valence electrons. The highest BCUT2D eigenvalue weighted by atomic mass is 32.2. The monoisotopic (exact) mass is 392 g/mol. The maximum Gasteiger partial charge on any atom is 0.253 e. The Morgan fingerprint density at radius 3 is 2.61 bits per heavy atom. The molecule has 8 heteroatoms. The summed E-state index contributed by atoms with van der Waals surface area (Å²) >= 11 is 1.39. The first kappa shape index (κ1) is 18.4. The summed E-state index contributed by atoms with van der Waals surface area (Å²) < 4.78 is 2.01. The maximum absolute atomic E-state index is 12.6. The zero-order valence-electron chi connectivity index (χ0n) is 15.5. The van der Waals surface area contributed by atoms with Gasteiger partial charge in [0.1, 0.15) is 0 Å². The zero-order valence-corrected chi connectivity index (χ0v) is 16.3. The van der Waals surface area contributed by atoms with Crippen LogP contribution in [0.25, 0.3) is 11.4 Å². The Labute approximate surface area is 167 Å².